The minimum absolute atomic E-state index is 0.0964. The maximum Gasteiger partial charge on any atom is 0.194 e. The first kappa shape index (κ1) is 14.2. The van der Waals surface area contributed by atoms with Gasteiger partial charge in [-0.25, -0.2) is 4.89 Å². The number of hydrogen-bond donors (Lipinski definition) is 2. The van der Waals surface area contributed by atoms with Crippen LogP contribution in [0.2, 0.25) is 0 Å². The van der Waals surface area contributed by atoms with Gasteiger partial charge in [0.1, 0.15) is 11.7 Å². The molecule has 0 aromatic heterocycles. The maximum absolute atomic E-state index is 9.14. The van der Waals surface area contributed by atoms with Crippen LogP contribution in [0.1, 0.15) is 32.6 Å². The zero-order valence-electron chi connectivity index (χ0n) is 10.8. The van der Waals surface area contributed by atoms with Gasteiger partial charge in [-0.3, -0.25) is 5.26 Å². The van der Waals surface area contributed by atoms with Gasteiger partial charge in [0.2, 0.25) is 0 Å². The van der Waals surface area contributed by atoms with Crippen LogP contribution in [0.25, 0.3) is 0 Å². The van der Waals surface area contributed by atoms with Gasteiger partial charge >= 0.3 is 0 Å². The summed E-state index contributed by atoms with van der Waals surface area (Å²) in [6, 6.07) is 0. The monoisotopic (exact) mass is 262 g/mol. The number of rotatable bonds is 5. The van der Waals surface area contributed by atoms with Crippen LogP contribution in [-0.4, -0.2) is 54.3 Å². The fourth-order valence-electron chi connectivity index (χ4n) is 2.47. The van der Waals surface area contributed by atoms with E-state index >= 15 is 0 Å². The Labute approximate surface area is 107 Å². The van der Waals surface area contributed by atoms with Crippen molar-refractivity contribution in [2.45, 2.75) is 50.1 Å². The molecule has 18 heavy (non-hydrogen) atoms. The molecule has 2 fully saturated rings. The zero-order chi connectivity index (χ0) is 13.1. The Morgan fingerprint density at radius 1 is 1.33 bits per heavy atom. The minimum atomic E-state index is -1.10. The molecule has 6 heteroatoms. The van der Waals surface area contributed by atoms with Crippen LogP contribution in [0, 0.1) is 0 Å². The molecule has 0 amide bonds. The second-order valence-electron chi connectivity index (χ2n) is 5.25. The highest BCUT2D eigenvalue weighted by atomic mass is 17.1. The smallest absolute Gasteiger partial charge is 0.194 e. The van der Waals surface area contributed by atoms with Crippen molar-refractivity contribution >= 4 is 0 Å². The highest BCUT2D eigenvalue weighted by Crippen LogP contribution is 2.38. The lowest BCUT2D eigenvalue weighted by Gasteiger charge is -2.40. The molecule has 1 aliphatic carbocycles. The van der Waals surface area contributed by atoms with E-state index in [4.69, 9.17) is 24.6 Å². The fourth-order valence-corrected chi connectivity index (χ4v) is 2.47. The van der Waals surface area contributed by atoms with Gasteiger partial charge in [0.25, 0.3) is 0 Å². The molecule has 0 aromatic carbocycles. The summed E-state index contributed by atoms with van der Waals surface area (Å²) in [4.78, 5) is 4.27. The van der Waals surface area contributed by atoms with Gasteiger partial charge in [0.05, 0.1) is 26.4 Å². The maximum atomic E-state index is 9.14. The molecular formula is C12H22O6. The quantitative estimate of drug-likeness (QED) is 0.567. The van der Waals surface area contributed by atoms with Gasteiger partial charge in [-0.05, 0) is 19.8 Å². The Morgan fingerprint density at radius 3 is 2.67 bits per heavy atom. The van der Waals surface area contributed by atoms with Gasteiger partial charge in [0.15, 0.2) is 5.79 Å². The third kappa shape index (κ3) is 2.84. The molecule has 0 bridgehead atoms. The first-order chi connectivity index (χ1) is 8.64. The molecule has 2 rings (SSSR count). The van der Waals surface area contributed by atoms with Crippen LogP contribution in [0.15, 0.2) is 0 Å². The lowest BCUT2D eigenvalue weighted by Crippen LogP contribution is -2.50. The molecule has 2 atom stereocenters. The summed E-state index contributed by atoms with van der Waals surface area (Å²) in [5.41, 5.74) is -1.10. The molecular weight excluding hydrogens is 240 g/mol. The predicted molar refractivity (Wildman–Crippen MR) is 62.0 cm³/mol. The third-order valence-corrected chi connectivity index (χ3v) is 3.65. The Bertz CT molecular complexity index is 259. The Morgan fingerprint density at radius 2 is 2.06 bits per heavy atom. The lowest BCUT2D eigenvalue weighted by atomic mass is 9.91. The van der Waals surface area contributed by atoms with Gasteiger partial charge < -0.3 is 19.3 Å². The molecule has 2 unspecified atom stereocenters. The first-order valence-corrected chi connectivity index (χ1v) is 6.47. The van der Waals surface area contributed by atoms with Crippen LogP contribution in [0.3, 0.4) is 0 Å². The van der Waals surface area contributed by atoms with Crippen LogP contribution < -0.4 is 0 Å². The zero-order valence-corrected chi connectivity index (χ0v) is 10.8. The number of hydrogen-bond acceptors (Lipinski definition) is 6. The van der Waals surface area contributed by atoms with Crippen molar-refractivity contribution in [1.82, 2.24) is 0 Å². The van der Waals surface area contributed by atoms with E-state index in [1.54, 1.807) is 6.92 Å². The van der Waals surface area contributed by atoms with Gasteiger partial charge in [-0.1, -0.05) is 6.42 Å². The number of aliphatic hydroxyl groups is 1. The summed E-state index contributed by atoms with van der Waals surface area (Å²) < 4.78 is 17.2. The van der Waals surface area contributed by atoms with E-state index in [2.05, 4.69) is 4.89 Å². The van der Waals surface area contributed by atoms with Gasteiger partial charge in [-0.2, -0.15) is 0 Å². The normalized spacial score (nSPS) is 30.5. The molecule has 2 aliphatic rings. The molecule has 1 heterocycles. The van der Waals surface area contributed by atoms with E-state index in [1.807, 2.05) is 0 Å². The Kier molecular flexibility index (Phi) is 4.58. The highest BCUT2D eigenvalue weighted by molar-refractivity contribution is 4.88. The SMILES string of the molecule is CC(CO)(COC1CCCCC12OCCO2)OO. The highest BCUT2D eigenvalue weighted by Gasteiger charge is 2.47. The van der Waals surface area contributed by atoms with Crippen molar-refractivity contribution in [2.24, 2.45) is 0 Å². The molecule has 2 N–H and O–H groups in total. The first-order valence-electron chi connectivity index (χ1n) is 6.47. The Hall–Kier alpha value is -0.240. The molecule has 0 radical (unpaired) electrons. The summed E-state index contributed by atoms with van der Waals surface area (Å²) in [6.07, 6.45) is 3.64. The van der Waals surface area contributed by atoms with Crippen molar-refractivity contribution < 1.29 is 29.5 Å². The molecule has 106 valence electrons. The van der Waals surface area contributed by atoms with Gasteiger partial charge in [-0.15, -0.1) is 0 Å². The lowest BCUT2D eigenvalue weighted by molar-refractivity contribution is -0.344. The average molecular weight is 262 g/mol. The fraction of sp³-hybridized carbons (Fsp3) is 1.00. The van der Waals surface area contributed by atoms with Crippen LogP contribution in [0.5, 0.6) is 0 Å². The molecule has 6 nitrogen and oxygen atoms in total. The summed E-state index contributed by atoms with van der Waals surface area (Å²) in [6.45, 7) is 2.55. The van der Waals surface area contributed by atoms with Crippen LogP contribution in [-0.2, 0) is 19.1 Å². The second-order valence-corrected chi connectivity index (χ2v) is 5.25. The van der Waals surface area contributed by atoms with E-state index in [1.165, 1.54) is 0 Å². The van der Waals surface area contributed by atoms with Crippen molar-refractivity contribution in [3.63, 3.8) is 0 Å². The molecule has 0 aromatic rings. The standard InChI is InChI=1S/C12H22O6/c1-11(8-13,18-14)9-15-10-4-2-3-5-12(10)16-6-7-17-12/h10,13-14H,2-9H2,1H3. The van der Waals surface area contributed by atoms with Crippen molar-refractivity contribution in [3.8, 4) is 0 Å². The topological polar surface area (TPSA) is 77.4 Å². The predicted octanol–water partition coefficient (Wildman–Crippen LogP) is 0.929. The molecule has 1 spiro atoms. The van der Waals surface area contributed by atoms with E-state index in [-0.39, 0.29) is 19.3 Å². The Balaban J connectivity index is 1.94. The van der Waals surface area contributed by atoms with Crippen molar-refractivity contribution in [2.75, 3.05) is 26.4 Å². The summed E-state index contributed by atoms with van der Waals surface area (Å²) in [5, 5.41) is 17.9. The van der Waals surface area contributed by atoms with Crippen LogP contribution in [0.4, 0.5) is 0 Å². The van der Waals surface area contributed by atoms with E-state index in [0.29, 0.717) is 13.2 Å². The van der Waals surface area contributed by atoms with Crippen molar-refractivity contribution in [1.29, 1.82) is 0 Å². The van der Waals surface area contributed by atoms with Crippen LogP contribution >= 0.6 is 0 Å². The average Bonchev–Trinajstić information content (AvgIpc) is 2.87. The minimum Gasteiger partial charge on any atom is -0.393 e. The van der Waals surface area contributed by atoms with E-state index < -0.39 is 11.4 Å². The second kappa shape index (κ2) is 5.81. The number of ether oxygens (including phenoxy) is 3. The summed E-state index contributed by atoms with van der Waals surface area (Å²) in [5.74, 6) is -0.635. The molecule has 1 saturated carbocycles. The number of aliphatic hydroxyl groups excluding tert-OH is 1. The largest absolute Gasteiger partial charge is 0.393 e. The van der Waals surface area contributed by atoms with Gasteiger partial charge in [0, 0.05) is 6.42 Å². The summed E-state index contributed by atoms with van der Waals surface area (Å²) in [7, 11) is 0. The van der Waals surface area contributed by atoms with E-state index in [9.17, 15) is 0 Å². The third-order valence-electron chi connectivity index (χ3n) is 3.65. The van der Waals surface area contributed by atoms with E-state index in [0.717, 1.165) is 25.7 Å². The molecule has 1 saturated heterocycles. The summed E-state index contributed by atoms with van der Waals surface area (Å²) >= 11 is 0. The van der Waals surface area contributed by atoms with Crippen molar-refractivity contribution in [3.05, 3.63) is 0 Å². The molecule has 1 aliphatic heterocycles.